The van der Waals surface area contributed by atoms with E-state index in [1.54, 1.807) is 0 Å². The maximum absolute atomic E-state index is 13.4. The van der Waals surface area contributed by atoms with Crippen molar-refractivity contribution in [2.75, 3.05) is 24.5 Å². The fourth-order valence-electron chi connectivity index (χ4n) is 4.94. The van der Waals surface area contributed by atoms with E-state index in [2.05, 4.69) is 39.2 Å². The maximum atomic E-state index is 13.4. The standard InChI is InChI=1S/C22H28N4O/c1-12-6-13(2)19(14(3)7-12)21(27)20-18-11-26(10-17(18)9-23-20)22-24-15(4)8-16(5)25-22/h6-8,17-18,20,23H,9-11H2,1-5H3. The molecule has 0 bridgehead atoms. The summed E-state index contributed by atoms with van der Waals surface area (Å²) in [5.74, 6) is 1.81. The van der Waals surface area contributed by atoms with Crippen LogP contribution in [-0.2, 0) is 0 Å². The van der Waals surface area contributed by atoms with Crippen molar-refractivity contribution >= 4 is 11.7 Å². The van der Waals surface area contributed by atoms with Crippen LogP contribution in [0.1, 0.15) is 38.4 Å². The van der Waals surface area contributed by atoms with Crippen LogP contribution in [-0.4, -0.2) is 41.4 Å². The van der Waals surface area contributed by atoms with Gasteiger partial charge in [-0.15, -0.1) is 0 Å². The summed E-state index contributed by atoms with van der Waals surface area (Å²) in [7, 11) is 0. The molecule has 142 valence electrons. The molecule has 2 fully saturated rings. The fraction of sp³-hybridized carbons (Fsp3) is 0.500. The minimum atomic E-state index is -0.119. The molecule has 0 aliphatic carbocycles. The van der Waals surface area contributed by atoms with Gasteiger partial charge in [0.05, 0.1) is 6.04 Å². The molecule has 2 aliphatic rings. The van der Waals surface area contributed by atoms with Crippen molar-refractivity contribution in [1.82, 2.24) is 15.3 Å². The summed E-state index contributed by atoms with van der Waals surface area (Å²) in [5, 5.41) is 3.50. The quantitative estimate of drug-likeness (QED) is 0.849. The number of Topliss-reactive ketones (excluding diaryl/α,β-unsaturated/α-hetero) is 1. The third kappa shape index (κ3) is 3.25. The van der Waals surface area contributed by atoms with Gasteiger partial charge >= 0.3 is 0 Å². The SMILES string of the molecule is Cc1cc(C)c(C(=O)C2NCC3CN(c4nc(C)cc(C)n4)CC32)c(C)c1. The van der Waals surface area contributed by atoms with Gasteiger partial charge in [-0.3, -0.25) is 4.79 Å². The van der Waals surface area contributed by atoms with Crippen LogP contribution >= 0.6 is 0 Å². The zero-order valence-electron chi connectivity index (χ0n) is 16.8. The summed E-state index contributed by atoms with van der Waals surface area (Å²) in [6, 6.07) is 6.09. The Hall–Kier alpha value is -2.27. The van der Waals surface area contributed by atoms with Crippen LogP contribution in [0.25, 0.3) is 0 Å². The largest absolute Gasteiger partial charge is 0.340 e. The molecule has 2 aromatic rings. The third-order valence-electron chi connectivity index (χ3n) is 5.98. The van der Waals surface area contributed by atoms with Gasteiger partial charge in [0.2, 0.25) is 5.95 Å². The second kappa shape index (κ2) is 6.71. The minimum Gasteiger partial charge on any atom is -0.340 e. The van der Waals surface area contributed by atoms with Gasteiger partial charge in [-0.2, -0.15) is 0 Å². The Balaban J connectivity index is 1.58. The first kappa shape index (κ1) is 18.1. The topological polar surface area (TPSA) is 58.1 Å². The van der Waals surface area contributed by atoms with E-state index in [-0.39, 0.29) is 11.8 Å². The molecule has 2 aliphatic heterocycles. The Labute approximate surface area is 161 Å². The van der Waals surface area contributed by atoms with E-state index in [9.17, 15) is 4.79 Å². The maximum Gasteiger partial charge on any atom is 0.225 e. The zero-order chi connectivity index (χ0) is 19.3. The summed E-state index contributed by atoms with van der Waals surface area (Å²) in [4.78, 5) is 24.9. The first-order valence-corrected chi connectivity index (χ1v) is 9.76. The number of nitrogens with one attached hydrogen (secondary N) is 1. The Bertz CT molecular complexity index is 864. The summed E-state index contributed by atoms with van der Waals surface area (Å²) in [6.07, 6.45) is 0. The highest BCUT2D eigenvalue weighted by Crippen LogP contribution is 2.35. The molecule has 2 saturated heterocycles. The Morgan fingerprint density at radius 2 is 1.63 bits per heavy atom. The van der Waals surface area contributed by atoms with Crippen molar-refractivity contribution in [3.05, 3.63) is 51.8 Å². The Kier molecular flexibility index (Phi) is 4.50. The van der Waals surface area contributed by atoms with E-state index in [1.165, 1.54) is 5.56 Å². The van der Waals surface area contributed by atoms with E-state index in [1.807, 2.05) is 33.8 Å². The predicted octanol–water partition coefficient (Wildman–Crippen LogP) is 2.93. The van der Waals surface area contributed by atoms with Crippen molar-refractivity contribution in [3.63, 3.8) is 0 Å². The molecule has 27 heavy (non-hydrogen) atoms. The number of aryl methyl sites for hydroxylation is 5. The molecule has 0 spiro atoms. The molecule has 0 amide bonds. The summed E-state index contributed by atoms with van der Waals surface area (Å²) < 4.78 is 0. The van der Waals surface area contributed by atoms with E-state index < -0.39 is 0 Å². The van der Waals surface area contributed by atoms with Crippen LogP contribution in [0, 0.1) is 46.5 Å². The lowest BCUT2D eigenvalue weighted by molar-refractivity contribution is 0.0929. The number of carbonyl (C=O) groups excluding carboxylic acids is 1. The molecular weight excluding hydrogens is 336 g/mol. The molecule has 3 heterocycles. The molecule has 1 aromatic carbocycles. The van der Waals surface area contributed by atoms with Crippen LogP contribution in [0.3, 0.4) is 0 Å². The second-order valence-electron chi connectivity index (χ2n) is 8.30. The highest BCUT2D eigenvalue weighted by Gasteiger charge is 2.46. The van der Waals surface area contributed by atoms with Gasteiger partial charge in [0, 0.05) is 42.5 Å². The molecule has 0 radical (unpaired) electrons. The van der Waals surface area contributed by atoms with Gasteiger partial charge in [-0.25, -0.2) is 9.97 Å². The molecule has 4 rings (SSSR count). The fourth-order valence-corrected chi connectivity index (χ4v) is 4.94. The number of ketones is 1. The van der Waals surface area contributed by atoms with Gasteiger partial charge < -0.3 is 10.2 Å². The molecule has 5 nitrogen and oxygen atoms in total. The second-order valence-corrected chi connectivity index (χ2v) is 8.30. The summed E-state index contributed by atoms with van der Waals surface area (Å²) in [5.41, 5.74) is 6.24. The molecule has 3 atom stereocenters. The third-order valence-corrected chi connectivity index (χ3v) is 5.98. The Morgan fingerprint density at radius 3 is 2.26 bits per heavy atom. The molecule has 1 aromatic heterocycles. The van der Waals surface area contributed by atoms with Crippen molar-refractivity contribution < 1.29 is 4.79 Å². The van der Waals surface area contributed by atoms with Crippen LogP contribution in [0.5, 0.6) is 0 Å². The van der Waals surface area contributed by atoms with E-state index in [4.69, 9.17) is 0 Å². The van der Waals surface area contributed by atoms with Crippen molar-refractivity contribution in [2.24, 2.45) is 11.8 Å². The summed E-state index contributed by atoms with van der Waals surface area (Å²) >= 11 is 0. The monoisotopic (exact) mass is 364 g/mol. The number of benzene rings is 1. The van der Waals surface area contributed by atoms with E-state index in [0.717, 1.165) is 53.7 Å². The van der Waals surface area contributed by atoms with Gasteiger partial charge in [-0.05, 0) is 57.7 Å². The molecule has 1 N–H and O–H groups in total. The van der Waals surface area contributed by atoms with Gasteiger partial charge in [0.25, 0.3) is 0 Å². The zero-order valence-corrected chi connectivity index (χ0v) is 16.8. The lowest BCUT2D eigenvalue weighted by Crippen LogP contribution is -2.39. The average Bonchev–Trinajstić information content (AvgIpc) is 3.12. The van der Waals surface area contributed by atoms with Gasteiger partial charge in [0.1, 0.15) is 0 Å². The van der Waals surface area contributed by atoms with Crippen LogP contribution in [0.2, 0.25) is 0 Å². The normalized spacial score (nSPS) is 24.3. The predicted molar refractivity (Wildman–Crippen MR) is 107 cm³/mol. The average molecular weight is 364 g/mol. The van der Waals surface area contributed by atoms with Crippen molar-refractivity contribution in [2.45, 2.75) is 40.7 Å². The van der Waals surface area contributed by atoms with Crippen LogP contribution in [0.4, 0.5) is 5.95 Å². The first-order valence-electron chi connectivity index (χ1n) is 9.76. The number of aromatic nitrogens is 2. The van der Waals surface area contributed by atoms with E-state index in [0.29, 0.717) is 11.8 Å². The lowest BCUT2D eigenvalue weighted by atomic mass is 9.86. The summed E-state index contributed by atoms with van der Waals surface area (Å²) in [6.45, 7) is 12.8. The first-order chi connectivity index (χ1) is 12.8. The van der Waals surface area contributed by atoms with E-state index >= 15 is 0 Å². The Morgan fingerprint density at radius 1 is 1.00 bits per heavy atom. The minimum absolute atomic E-state index is 0.119. The van der Waals surface area contributed by atoms with Gasteiger partial charge in [-0.1, -0.05) is 17.7 Å². The number of anilines is 1. The molecule has 3 unspecified atom stereocenters. The molecular formula is C22H28N4O. The van der Waals surface area contributed by atoms with Crippen molar-refractivity contribution in [3.8, 4) is 0 Å². The lowest BCUT2D eigenvalue weighted by Gasteiger charge is -2.22. The van der Waals surface area contributed by atoms with Crippen LogP contribution in [0.15, 0.2) is 18.2 Å². The number of nitrogens with zero attached hydrogens (tertiary/aromatic N) is 3. The molecule has 5 heteroatoms. The smallest absolute Gasteiger partial charge is 0.225 e. The molecule has 0 saturated carbocycles. The van der Waals surface area contributed by atoms with Crippen LogP contribution < -0.4 is 10.2 Å². The highest BCUT2D eigenvalue weighted by molar-refractivity contribution is 6.03. The van der Waals surface area contributed by atoms with Gasteiger partial charge in [0.15, 0.2) is 5.78 Å². The number of hydrogen-bond donors (Lipinski definition) is 1. The highest BCUT2D eigenvalue weighted by atomic mass is 16.1. The number of rotatable bonds is 3. The van der Waals surface area contributed by atoms with Crippen molar-refractivity contribution in [1.29, 1.82) is 0 Å². The number of fused-ring (bicyclic) bond motifs is 1. The number of carbonyl (C=O) groups is 1. The number of hydrogen-bond acceptors (Lipinski definition) is 5.